The number of nitrogens with zero attached hydrogens (tertiary/aromatic N) is 1. The minimum atomic E-state index is -1.20. The molecule has 8 heteroatoms. The van der Waals surface area contributed by atoms with Crippen LogP contribution in [0.4, 0.5) is 20.2 Å². The SMILES string of the molecule is CCCC(N)CC(=O)Nc1c(F)cc(F)cc1[N+](=O)[O-]. The minimum Gasteiger partial charge on any atom is -0.327 e. The molecule has 1 atom stereocenters. The van der Waals surface area contributed by atoms with Crippen molar-refractivity contribution >= 4 is 17.3 Å². The van der Waals surface area contributed by atoms with Gasteiger partial charge >= 0.3 is 0 Å². The first-order valence-electron chi connectivity index (χ1n) is 6.04. The lowest BCUT2D eigenvalue weighted by Gasteiger charge is -2.11. The maximum Gasteiger partial charge on any atom is 0.298 e. The molecule has 0 heterocycles. The molecule has 0 spiro atoms. The third-order valence-corrected chi connectivity index (χ3v) is 2.60. The molecule has 1 amide bonds. The molecule has 0 aliphatic rings. The molecule has 1 rings (SSSR count). The Labute approximate surface area is 114 Å². The molecule has 110 valence electrons. The van der Waals surface area contributed by atoms with E-state index in [9.17, 15) is 23.7 Å². The Kier molecular flexibility index (Phi) is 5.51. The fourth-order valence-electron chi connectivity index (χ4n) is 1.73. The van der Waals surface area contributed by atoms with Crippen LogP contribution in [0.1, 0.15) is 26.2 Å². The smallest absolute Gasteiger partial charge is 0.298 e. The van der Waals surface area contributed by atoms with Gasteiger partial charge in [-0.15, -0.1) is 0 Å². The van der Waals surface area contributed by atoms with Gasteiger partial charge in [-0.3, -0.25) is 14.9 Å². The van der Waals surface area contributed by atoms with Gasteiger partial charge in [-0.1, -0.05) is 13.3 Å². The van der Waals surface area contributed by atoms with E-state index < -0.39 is 39.9 Å². The van der Waals surface area contributed by atoms with Crippen molar-refractivity contribution in [3.05, 3.63) is 33.9 Å². The normalized spacial score (nSPS) is 12.0. The number of nitro benzene ring substituents is 1. The molecule has 0 aliphatic heterocycles. The summed E-state index contributed by atoms with van der Waals surface area (Å²) in [6.07, 6.45) is 1.28. The van der Waals surface area contributed by atoms with E-state index in [2.05, 4.69) is 5.32 Å². The first-order valence-corrected chi connectivity index (χ1v) is 6.04. The van der Waals surface area contributed by atoms with E-state index in [0.29, 0.717) is 18.6 Å². The molecule has 0 fully saturated rings. The van der Waals surface area contributed by atoms with Crippen molar-refractivity contribution in [1.29, 1.82) is 0 Å². The van der Waals surface area contributed by atoms with Crippen molar-refractivity contribution in [1.82, 2.24) is 0 Å². The standard InChI is InChI=1S/C12H15F2N3O3/c1-2-3-8(15)6-11(18)16-12-9(14)4-7(13)5-10(12)17(19)20/h4-5,8H,2-3,6,15H2,1H3,(H,16,18). The highest BCUT2D eigenvalue weighted by atomic mass is 19.1. The number of nitrogens with one attached hydrogen (secondary N) is 1. The number of nitro groups is 1. The van der Waals surface area contributed by atoms with Crippen LogP contribution in [-0.2, 0) is 4.79 Å². The van der Waals surface area contributed by atoms with Crippen LogP contribution in [-0.4, -0.2) is 16.9 Å². The molecule has 0 saturated carbocycles. The van der Waals surface area contributed by atoms with E-state index >= 15 is 0 Å². The Balaban J connectivity index is 2.91. The average molecular weight is 287 g/mol. The molecule has 0 aliphatic carbocycles. The summed E-state index contributed by atoms with van der Waals surface area (Å²) in [6.45, 7) is 1.89. The lowest BCUT2D eigenvalue weighted by atomic mass is 10.1. The lowest BCUT2D eigenvalue weighted by molar-refractivity contribution is -0.384. The number of benzene rings is 1. The summed E-state index contributed by atoms with van der Waals surface area (Å²) in [7, 11) is 0. The second kappa shape index (κ2) is 6.90. The molecule has 3 N–H and O–H groups in total. The van der Waals surface area contributed by atoms with E-state index in [0.717, 1.165) is 6.42 Å². The van der Waals surface area contributed by atoms with E-state index in [1.165, 1.54) is 0 Å². The fourth-order valence-corrected chi connectivity index (χ4v) is 1.73. The maximum atomic E-state index is 13.5. The third-order valence-electron chi connectivity index (χ3n) is 2.60. The van der Waals surface area contributed by atoms with E-state index in [1.54, 1.807) is 0 Å². The zero-order valence-corrected chi connectivity index (χ0v) is 10.9. The molecule has 1 aromatic rings. The molecule has 6 nitrogen and oxygen atoms in total. The Bertz CT molecular complexity index is 523. The Morgan fingerprint density at radius 2 is 2.15 bits per heavy atom. The molecule has 20 heavy (non-hydrogen) atoms. The number of amides is 1. The number of carbonyl (C=O) groups is 1. The summed E-state index contributed by atoms with van der Waals surface area (Å²) < 4.78 is 26.5. The van der Waals surface area contributed by atoms with Gasteiger partial charge < -0.3 is 11.1 Å². The van der Waals surface area contributed by atoms with Crippen LogP contribution in [0.3, 0.4) is 0 Å². The maximum absolute atomic E-state index is 13.5. The third kappa shape index (κ3) is 4.23. The van der Waals surface area contributed by atoms with Gasteiger partial charge in [0.15, 0.2) is 11.5 Å². The van der Waals surface area contributed by atoms with Crippen LogP contribution in [0, 0.1) is 21.7 Å². The highest BCUT2D eigenvalue weighted by molar-refractivity contribution is 5.93. The fraction of sp³-hybridized carbons (Fsp3) is 0.417. The number of anilines is 1. The molecule has 0 bridgehead atoms. The average Bonchev–Trinajstić information content (AvgIpc) is 2.32. The van der Waals surface area contributed by atoms with Gasteiger partial charge in [0.2, 0.25) is 5.91 Å². The lowest BCUT2D eigenvalue weighted by Crippen LogP contribution is -2.27. The van der Waals surface area contributed by atoms with Crippen LogP contribution in [0.15, 0.2) is 12.1 Å². The number of carbonyl (C=O) groups excluding carboxylic acids is 1. The van der Waals surface area contributed by atoms with Crippen molar-refractivity contribution in [3.63, 3.8) is 0 Å². The van der Waals surface area contributed by atoms with Gasteiger partial charge in [0.05, 0.1) is 11.0 Å². The first-order chi connectivity index (χ1) is 9.35. The molecule has 0 aromatic heterocycles. The largest absolute Gasteiger partial charge is 0.327 e. The second-order valence-electron chi connectivity index (χ2n) is 4.34. The van der Waals surface area contributed by atoms with Crippen molar-refractivity contribution in [2.75, 3.05) is 5.32 Å². The quantitative estimate of drug-likeness (QED) is 0.619. The predicted octanol–water partition coefficient (Wildman–Crippen LogP) is 2.33. The van der Waals surface area contributed by atoms with Crippen LogP contribution in [0.2, 0.25) is 0 Å². The highest BCUT2D eigenvalue weighted by Gasteiger charge is 2.22. The number of nitrogens with two attached hydrogens (primary N) is 1. The summed E-state index contributed by atoms with van der Waals surface area (Å²) in [5, 5.41) is 12.8. The summed E-state index contributed by atoms with van der Waals surface area (Å²) in [5.41, 5.74) is 4.17. The zero-order valence-electron chi connectivity index (χ0n) is 10.9. The van der Waals surface area contributed by atoms with Crippen LogP contribution in [0.25, 0.3) is 0 Å². The van der Waals surface area contributed by atoms with Crippen molar-refractivity contribution in [2.45, 2.75) is 32.2 Å². The van der Waals surface area contributed by atoms with Gasteiger partial charge in [0, 0.05) is 18.5 Å². The number of hydrogen-bond acceptors (Lipinski definition) is 4. The molecular formula is C12H15F2N3O3. The predicted molar refractivity (Wildman–Crippen MR) is 69.1 cm³/mol. The zero-order chi connectivity index (χ0) is 15.3. The highest BCUT2D eigenvalue weighted by Crippen LogP contribution is 2.28. The number of halogens is 2. The van der Waals surface area contributed by atoms with Gasteiger partial charge in [0.25, 0.3) is 5.69 Å². The number of rotatable bonds is 6. The first kappa shape index (κ1) is 16.0. The summed E-state index contributed by atoms with van der Waals surface area (Å²) in [6, 6.07) is 0.599. The van der Waals surface area contributed by atoms with E-state index in [4.69, 9.17) is 5.73 Å². The molecule has 0 saturated heterocycles. The van der Waals surface area contributed by atoms with Crippen molar-refractivity contribution in [2.24, 2.45) is 5.73 Å². The monoisotopic (exact) mass is 287 g/mol. The van der Waals surface area contributed by atoms with Gasteiger partial charge in [-0.2, -0.15) is 0 Å². The van der Waals surface area contributed by atoms with Crippen molar-refractivity contribution in [3.8, 4) is 0 Å². The Hall–Kier alpha value is -2.09. The minimum absolute atomic E-state index is 0.0954. The summed E-state index contributed by atoms with van der Waals surface area (Å²) >= 11 is 0. The molecular weight excluding hydrogens is 272 g/mol. The van der Waals surface area contributed by atoms with E-state index in [1.807, 2.05) is 6.92 Å². The van der Waals surface area contributed by atoms with Gasteiger partial charge in [0.1, 0.15) is 5.82 Å². The van der Waals surface area contributed by atoms with Crippen LogP contribution >= 0.6 is 0 Å². The van der Waals surface area contributed by atoms with Gasteiger partial charge in [-0.05, 0) is 6.42 Å². The molecule has 0 radical (unpaired) electrons. The summed E-state index contributed by atoms with van der Waals surface area (Å²) in [5.74, 6) is -2.94. The van der Waals surface area contributed by atoms with E-state index in [-0.39, 0.29) is 6.42 Å². The summed E-state index contributed by atoms with van der Waals surface area (Å²) in [4.78, 5) is 21.4. The Morgan fingerprint density at radius 3 is 2.70 bits per heavy atom. The van der Waals surface area contributed by atoms with Gasteiger partial charge in [-0.25, -0.2) is 8.78 Å². The van der Waals surface area contributed by atoms with Crippen molar-refractivity contribution < 1.29 is 18.5 Å². The van der Waals surface area contributed by atoms with Crippen LogP contribution in [0.5, 0.6) is 0 Å². The second-order valence-corrected chi connectivity index (χ2v) is 4.34. The number of hydrogen-bond donors (Lipinski definition) is 2. The molecule has 1 unspecified atom stereocenters. The molecule has 1 aromatic carbocycles. The van der Waals surface area contributed by atoms with Crippen LogP contribution < -0.4 is 11.1 Å². The topological polar surface area (TPSA) is 98.3 Å². The Morgan fingerprint density at radius 1 is 1.50 bits per heavy atom.